The van der Waals surface area contributed by atoms with Crippen LogP contribution in [0.25, 0.3) is 5.43 Å². The molecule has 102 valence electrons. The minimum atomic E-state index is -0.459. The number of hydrogen-bond donors (Lipinski definition) is 0. The van der Waals surface area contributed by atoms with Crippen LogP contribution in [0.15, 0.2) is 41.3 Å². The number of carbonyl (C=O) groups is 2. The van der Waals surface area contributed by atoms with E-state index in [1.165, 1.54) is 5.12 Å². The molecule has 0 fully saturated rings. The van der Waals surface area contributed by atoms with Crippen LogP contribution in [0.5, 0.6) is 0 Å². The lowest BCUT2D eigenvalue weighted by molar-refractivity contribution is -0.418. The second kappa shape index (κ2) is 4.00. The van der Waals surface area contributed by atoms with E-state index >= 15 is 0 Å². The molecule has 0 saturated heterocycles. The first-order valence-electron chi connectivity index (χ1n) is 6.31. The Bertz CT molecular complexity index is 651. The molecule has 0 radical (unpaired) electrons. The average molecular weight is 270 g/mol. The van der Waals surface area contributed by atoms with E-state index in [1.807, 2.05) is 26.8 Å². The molecule has 2 heterocycles. The summed E-state index contributed by atoms with van der Waals surface area (Å²) in [6.07, 6.45) is 1.93. The fourth-order valence-electron chi connectivity index (χ4n) is 2.35. The monoisotopic (exact) mass is 270 g/mol. The van der Waals surface area contributed by atoms with Crippen LogP contribution in [0.1, 0.15) is 41.5 Å². The van der Waals surface area contributed by atoms with E-state index in [9.17, 15) is 9.59 Å². The quantitative estimate of drug-likeness (QED) is 0.582. The van der Waals surface area contributed by atoms with Gasteiger partial charge in [0.25, 0.3) is 0 Å². The second-order valence-electron chi connectivity index (χ2n) is 5.39. The summed E-state index contributed by atoms with van der Waals surface area (Å²) in [7, 11) is 0. The summed E-state index contributed by atoms with van der Waals surface area (Å²) in [6, 6.07) is 6.70. The minimum Gasteiger partial charge on any atom is -0.480 e. The fraction of sp³-hybridized carbons (Fsp3) is 0.286. The highest BCUT2D eigenvalue weighted by Gasteiger charge is 2.41. The van der Waals surface area contributed by atoms with Crippen LogP contribution in [-0.4, -0.2) is 27.2 Å². The first kappa shape index (κ1) is 12.5. The van der Waals surface area contributed by atoms with Gasteiger partial charge in [-0.25, -0.2) is 14.7 Å². The normalized spacial score (nSPS) is 19.9. The molecule has 3 rings (SSSR count). The Balaban J connectivity index is 2.00. The van der Waals surface area contributed by atoms with Gasteiger partial charge in [0.05, 0.1) is 16.4 Å². The first-order valence-corrected chi connectivity index (χ1v) is 6.31. The van der Waals surface area contributed by atoms with E-state index in [1.54, 1.807) is 24.3 Å². The van der Waals surface area contributed by atoms with E-state index < -0.39 is 17.4 Å². The molecule has 0 saturated carbocycles. The predicted octanol–water partition coefficient (Wildman–Crippen LogP) is 2.65. The molecular formula is C14H14N4O2. The van der Waals surface area contributed by atoms with Gasteiger partial charge in [-0.2, -0.15) is 0 Å². The van der Waals surface area contributed by atoms with Crippen molar-refractivity contribution < 1.29 is 14.3 Å². The Morgan fingerprint density at radius 1 is 1.15 bits per heavy atom. The smallest absolute Gasteiger partial charge is 0.370 e. The number of allylic oxidation sites excluding steroid dienone is 1. The van der Waals surface area contributed by atoms with Crippen LogP contribution in [0.3, 0.4) is 0 Å². The van der Waals surface area contributed by atoms with Crippen molar-refractivity contribution in [3.63, 3.8) is 0 Å². The van der Waals surface area contributed by atoms with Gasteiger partial charge in [-0.05, 0) is 30.7 Å². The highest BCUT2D eigenvalue weighted by molar-refractivity contribution is 6.11. The highest BCUT2D eigenvalue weighted by Crippen LogP contribution is 2.33. The van der Waals surface area contributed by atoms with Gasteiger partial charge in [-0.1, -0.05) is 25.1 Å². The van der Waals surface area contributed by atoms with Gasteiger partial charge in [-0.15, -0.1) is 5.70 Å². The molecule has 6 heteroatoms. The Hall–Kier alpha value is -2.50. The van der Waals surface area contributed by atoms with Crippen LogP contribution >= 0.6 is 0 Å². The van der Waals surface area contributed by atoms with Gasteiger partial charge in [0.15, 0.2) is 0 Å². The zero-order valence-electron chi connectivity index (χ0n) is 11.5. The molecule has 2 amide bonds. The molecule has 0 N–H and O–H groups in total. The van der Waals surface area contributed by atoms with Gasteiger partial charge in [-0.3, -0.25) is 0 Å². The summed E-state index contributed by atoms with van der Waals surface area (Å²) in [6.45, 7) is 5.67. The largest absolute Gasteiger partial charge is 0.480 e. The highest BCUT2D eigenvalue weighted by atomic mass is 16.2. The molecule has 0 unspecified atom stereocenters. The molecule has 0 aromatic heterocycles. The van der Waals surface area contributed by atoms with Crippen LogP contribution in [0.4, 0.5) is 0 Å². The SMILES string of the molecule is CC1=CC(C)(C)N(N=[N+]2C(=O)c3ccccc3C2=O)[N-]1. The van der Waals surface area contributed by atoms with Crippen LogP contribution < -0.4 is 0 Å². The third-order valence-electron chi connectivity index (χ3n) is 3.28. The lowest BCUT2D eigenvalue weighted by Crippen LogP contribution is -2.34. The average Bonchev–Trinajstić information content (AvgIpc) is 2.78. The molecule has 1 aromatic rings. The number of nitrogens with zero attached hydrogens (tertiary/aromatic N) is 4. The molecule has 6 nitrogen and oxygen atoms in total. The van der Waals surface area contributed by atoms with Crippen LogP contribution in [0, 0.1) is 0 Å². The Morgan fingerprint density at radius 2 is 1.70 bits per heavy atom. The summed E-state index contributed by atoms with van der Waals surface area (Å²) in [4.78, 5) is 24.4. The number of amides is 2. The first-order chi connectivity index (χ1) is 9.40. The Kier molecular flexibility index (Phi) is 2.50. The van der Waals surface area contributed by atoms with Crippen molar-refractivity contribution in [2.45, 2.75) is 26.3 Å². The maximum absolute atomic E-state index is 12.2. The zero-order chi connectivity index (χ0) is 14.5. The van der Waals surface area contributed by atoms with E-state index in [-0.39, 0.29) is 0 Å². The molecular weight excluding hydrogens is 256 g/mol. The topological polar surface area (TPSA) is 66.8 Å². The third kappa shape index (κ3) is 1.72. The van der Waals surface area contributed by atoms with Gasteiger partial charge in [0.2, 0.25) is 0 Å². The predicted molar refractivity (Wildman–Crippen MR) is 70.8 cm³/mol. The number of benzene rings is 1. The number of carbonyl (C=O) groups excluding carboxylic acids is 2. The number of rotatable bonds is 1. The summed E-state index contributed by atoms with van der Waals surface area (Å²) in [5.41, 5.74) is 5.32. The summed E-state index contributed by atoms with van der Waals surface area (Å²) >= 11 is 0. The summed E-state index contributed by atoms with van der Waals surface area (Å²) in [5, 5.41) is 5.50. The van der Waals surface area contributed by atoms with Gasteiger partial charge in [0.1, 0.15) is 5.54 Å². The van der Waals surface area contributed by atoms with Crippen molar-refractivity contribution >= 4 is 11.8 Å². The van der Waals surface area contributed by atoms with Gasteiger partial charge >= 0.3 is 11.8 Å². The molecule has 0 atom stereocenters. The van der Waals surface area contributed by atoms with Crippen LogP contribution in [-0.2, 0) is 0 Å². The van der Waals surface area contributed by atoms with Crippen molar-refractivity contribution in [3.8, 4) is 0 Å². The molecule has 0 aliphatic carbocycles. The standard InChI is InChI=1S/C14H14N4O2/c1-9-8-14(2,3)18(15-9)16-17-12(19)10-6-4-5-7-11(10)13(17)20/h4-8H,1-3H3. The van der Waals surface area contributed by atoms with E-state index in [0.717, 1.165) is 10.4 Å². The van der Waals surface area contributed by atoms with Crippen molar-refractivity contribution in [3.05, 3.63) is 52.6 Å². The van der Waals surface area contributed by atoms with Crippen molar-refractivity contribution in [2.24, 2.45) is 5.22 Å². The number of hydrogen-bond acceptors (Lipinski definition) is 3. The minimum absolute atomic E-state index is 0.378. The number of imide groups is 1. The molecule has 2 aliphatic rings. The van der Waals surface area contributed by atoms with Crippen molar-refractivity contribution in [2.75, 3.05) is 0 Å². The number of fused-ring (bicyclic) bond motifs is 1. The van der Waals surface area contributed by atoms with Crippen LogP contribution in [0.2, 0.25) is 0 Å². The lowest BCUT2D eigenvalue weighted by atomic mass is 10.1. The maximum Gasteiger partial charge on any atom is 0.370 e. The summed E-state index contributed by atoms with van der Waals surface area (Å²) < 4.78 is 0.877. The van der Waals surface area contributed by atoms with Crippen molar-refractivity contribution in [1.29, 1.82) is 0 Å². The molecule has 0 spiro atoms. The maximum atomic E-state index is 12.2. The van der Waals surface area contributed by atoms with E-state index in [4.69, 9.17) is 0 Å². The second-order valence-corrected chi connectivity index (χ2v) is 5.39. The summed E-state index contributed by atoms with van der Waals surface area (Å²) in [5.74, 6) is -0.831. The zero-order valence-corrected chi connectivity index (χ0v) is 11.5. The molecule has 20 heavy (non-hydrogen) atoms. The Labute approximate surface area is 116 Å². The van der Waals surface area contributed by atoms with Crippen molar-refractivity contribution in [1.82, 2.24) is 5.12 Å². The van der Waals surface area contributed by atoms with Gasteiger partial charge in [0, 0.05) is 0 Å². The van der Waals surface area contributed by atoms with E-state index in [2.05, 4.69) is 10.6 Å². The third-order valence-corrected chi connectivity index (χ3v) is 3.28. The van der Waals surface area contributed by atoms with E-state index in [0.29, 0.717) is 11.1 Å². The molecule has 0 bridgehead atoms. The lowest BCUT2D eigenvalue weighted by Gasteiger charge is -2.28. The molecule has 2 aliphatic heterocycles. The Morgan fingerprint density at radius 3 is 2.15 bits per heavy atom. The molecule has 1 aromatic carbocycles. The fourth-order valence-corrected chi connectivity index (χ4v) is 2.35. The van der Waals surface area contributed by atoms with Gasteiger partial charge < -0.3 is 5.43 Å².